The maximum Gasteiger partial charge on any atom is 0.0594 e. The van der Waals surface area contributed by atoms with Gasteiger partial charge < -0.3 is 10.1 Å². The fraction of sp³-hybridized carbons (Fsp3) is 1.00. The monoisotopic (exact) mass is 314 g/mol. The topological polar surface area (TPSA) is 24.5 Å². The fourth-order valence-electron chi connectivity index (χ4n) is 3.54. The van der Waals surface area contributed by atoms with Crippen LogP contribution in [-0.2, 0) is 4.74 Å². The Kier molecular flexibility index (Phi) is 6.85. The summed E-state index contributed by atoms with van der Waals surface area (Å²) >= 11 is 2.12. The van der Waals surface area contributed by atoms with Crippen molar-refractivity contribution in [2.75, 3.05) is 44.4 Å². The van der Waals surface area contributed by atoms with Crippen molar-refractivity contribution in [3.63, 3.8) is 0 Å². The van der Waals surface area contributed by atoms with Gasteiger partial charge in [-0.15, -0.1) is 0 Å². The highest BCUT2D eigenvalue weighted by molar-refractivity contribution is 7.99. The zero-order valence-electron chi connectivity index (χ0n) is 14.4. The molecule has 2 atom stereocenters. The van der Waals surface area contributed by atoms with Crippen molar-refractivity contribution >= 4 is 11.8 Å². The quantitative estimate of drug-likeness (QED) is 0.815. The summed E-state index contributed by atoms with van der Waals surface area (Å²) in [6, 6.07) is 1.36. The van der Waals surface area contributed by atoms with Crippen molar-refractivity contribution in [1.29, 1.82) is 0 Å². The summed E-state index contributed by atoms with van der Waals surface area (Å²) in [5.74, 6) is 3.35. The van der Waals surface area contributed by atoms with Gasteiger partial charge in [0.25, 0.3) is 0 Å². The Morgan fingerprint density at radius 1 is 1.29 bits per heavy atom. The van der Waals surface area contributed by atoms with Gasteiger partial charge in [-0.2, -0.15) is 11.8 Å². The lowest BCUT2D eigenvalue weighted by Crippen LogP contribution is -2.51. The molecule has 1 N–H and O–H groups in total. The molecule has 0 aromatic carbocycles. The van der Waals surface area contributed by atoms with Crippen LogP contribution in [0.15, 0.2) is 0 Å². The van der Waals surface area contributed by atoms with Gasteiger partial charge in [0.05, 0.1) is 13.2 Å². The molecule has 2 fully saturated rings. The predicted molar refractivity (Wildman–Crippen MR) is 93.1 cm³/mol. The number of hydrogen-bond acceptors (Lipinski definition) is 4. The van der Waals surface area contributed by atoms with Crippen LogP contribution in [0.3, 0.4) is 0 Å². The highest BCUT2D eigenvalue weighted by atomic mass is 32.2. The first kappa shape index (κ1) is 17.6. The second-order valence-corrected chi connectivity index (χ2v) is 8.95. The van der Waals surface area contributed by atoms with Gasteiger partial charge in [0, 0.05) is 37.5 Å². The summed E-state index contributed by atoms with van der Waals surface area (Å²) < 4.78 is 5.51. The molecule has 2 rings (SSSR count). The summed E-state index contributed by atoms with van der Waals surface area (Å²) in [7, 11) is 0. The first-order valence-electron chi connectivity index (χ1n) is 8.59. The summed E-state index contributed by atoms with van der Waals surface area (Å²) in [4.78, 5) is 2.64. The molecule has 2 saturated heterocycles. The van der Waals surface area contributed by atoms with Gasteiger partial charge in [-0.1, -0.05) is 27.7 Å². The van der Waals surface area contributed by atoms with Gasteiger partial charge >= 0.3 is 0 Å². The first-order valence-corrected chi connectivity index (χ1v) is 9.75. The molecule has 0 saturated carbocycles. The molecule has 2 heterocycles. The minimum Gasteiger partial charge on any atom is -0.379 e. The van der Waals surface area contributed by atoms with E-state index in [-0.39, 0.29) is 0 Å². The zero-order valence-corrected chi connectivity index (χ0v) is 15.2. The number of ether oxygens (including phenoxy) is 1. The lowest BCUT2D eigenvalue weighted by molar-refractivity contribution is 0.0117. The molecular formula is C17H34N2OS. The third-order valence-corrected chi connectivity index (χ3v) is 6.18. The van der Waals surface area contributed by atoms with Gasteiger partial charge in [0.2, 0.25) is 0 Å². The first-order chi connectivity index (χ1) is 9.96. The molecule has 124 valence electrons. The number of nitrogens with zero attached hydrogens (tertiary/aromatic N) is 1. The van der Waals surface area contributed by atoms with E-state index in [9.17, 15) is 0 Å². The Morgan fingerprint density at radius 2 is 2.00 bits per heavy atom. The number of hydrogen-bond donors (Lipinski definition) is 1. The van der Waals surface area contributed by atoms with E-state index in [1.54, 1.807) is 0 Å². The highest BCUT2D eigenvalue weighted by Crippen LogP contribution is 2.33. The SMILES string of the molecule is CC(C)CC(CNC1CSCC(C)(C)C1)N1CCOCC1. The Morgan fingerprint density at radius 3 is 2.62 bits per heavy atom. The molecule has 0 spiro atoms. The third kappa shape index (κ3) is 6.09. The van der Waals surface area contributed by atoms with E-state index in [4.69, 9.17) is 4.74 Å². The normalized spacial score (nSPS) is 28.7. The van der Waals surface area contributed by atoms with Crippen molar-refractivity contribution in [2.24, 2.45) is 11.3 Å². The van der Waals surface area contributed by atoms with Crippen molar-refractivity contribution in [3.8, 4) is 0 Å². The van der Waals surface area contributed by atoms with E-state index < -0.39 is 0 Å². The molecule has 0 amide bonds. The van der Waals surface area contributed by atoms with E-state index in [2.05, 4.69) is 49.7 Å². The Hall–Kier alpha value is 0.230. The lowest BCUT2D eigenvalue weighted by atomic mass is 9.87. The van der Waals surface area contributed by atoms with E-state index in [1.807, 2.05) is 0 Å². The van der Waals surface area contributed by atoms with Crippen LogP contribution in [0, 0.1) is 11.3 Å². The molecule has 2 unspecified atom stereocenters. The molecule has 3 nitrogen and oxygen atoms in total. The van der Waals surface area contributed by atoms with Crippen molar-refractivity contribution in [2.45, 2.75) is 52.6 Å². The van der Waals surface area contributed by atoms with Crippen LogP contribution in [0.4, 0.5) is 0 Å². The number of nitrogens with one attached hydrogen (secondary N) is 1. The van der Waals surface area contributed by atoms with Crippen LogP contribution in [0.25, 0.3) is 0 Å². The molecule has 2 aliphatic rings. The lowest BCUT2D eigenvalue weighted by Gasteiger charge is -2.39. The fourth-order valence-corrected chi connectivity index (χ4v) is 4.85. The maximum absolute atomic E-state index is 5.51. The van der Waals surface area contributed by atoms with Gasteiger partial charge in [-0.25, -0.2) is 0 Å². The van der Waals surface area contributed by atoms with Gasteiger partial charge in [0.1, 0.15) is 0 Å². The average molecular weight is 315 g/mol. The highest BCUT2D eigenvalue weighted by Gasteiger charge is 2.29. The van der Waals surface area contributed by atoms with Crippen LogP contribution in [0.1, 0.15) is 40.5 Å². The van der Waals surface area contributed by atoms with E-state index in [0.29, 0.717) is 17.5 Å². The molecule has 0 radical (unpaired) electrons. The third-order valence-electron chi connectivity index (χ3n) is 4.56. The Bertz CT molecular complexity index is 303. The predicted octanol–water partition coefficient (Wildman–Crippen LogP) is 2.85. The summed E-state index contributed by atoms with van der Waals surface area (Å²) in [5, 5.41) is 3.88. The van der Waals surface area contributed by atoms with Crippen molar-refractivity contribution in [1.82, 2.24) is 10.2 Å². The van der Waals surface area contributed by atoms with Crippen molar-refractivity contribution < 1.29 is 4.74 Å². The summed E-state index contributed by atoms with van der Waals surface area (Å²) in [5.41, 5.74) is 0.493. The smallest absolute Gasteiger partial charge is 0.0594 e. The number of thioether (sulfide) groups is 1. The second-order valence-electron chi connectivity index (χ2n) is 7.92. The van der Waals surface area contributed by atoms with E-state index >= 15 is 0 Å². The second kappa shape index (κ2) is 8.19. The van der Waals surface area contributed by atoms with Gasteiger partial charge in [-0.3, -0.25) is 4.90 Å². The van der Waals surface area contributed by atoms with Gasteiger partial charge in [0.15, 0.2) is 0 Å². The Labute approximate surface area is 135 Å². The standard InChI is InChI=1S/C17H34N2OS/c1-14(2)9-16(19-5-7-20-8-6-19)11-18-15-10-17(3,4)13-21-12-15/h14-16,18H,5-13H2,1-4H3. The molecule has 0 aromatic rings. The summed E-state index contributed by atoms with van der Waals surface area (Å²) in [6.45, 7) is 14.6. The molecular weight excluding hydrogens is 280 g/mol. The van der Waals surface area contributed by atoms with Crippen LogP contribution in [-0.4, -0.2) is 61.3 Å². The van der Waals surface area contributed by atoms with Crippen LogP contribution in [0.2, 0.25) is 0 Å². The average Bonchev–Trinajstić information content (AvgIpc) is 2.43. The number of morpholine rings is 1. The van der Waals surface area contributed by atoms with Crippen LogP contribution in [0.5, 0.6) is 0 Å². The maximum atomic E-state index is 5.51. The Balaban J connectivity index is 1.83. The van der Waals surface area contributed by atoms with Crippen LogP contribution >= 0.6 is 11.8 Å². The minimum absolute atomic E-state index is 0.493. The van der Waals surface area contributed by atoms with Crippen molar-refractivity contribution in [3.05, 3.63) is 0 Å². The molecule has 2 aliphatic heterocycles. The summed E-state index contributed by atoms with van der Waals surface area (Å²) in [6.07, 6.45) is 2.60. The molecule has 0 bridgehead atoms. The minimum atomic E-state index is 0.493. The largest absolute Gasteiger partial charge is 0.379 e. The molecule has 0 aromatic heterocycles. The molecule has 21 heavy (non-hydrogen) atoms. The van der Waals surface area contributed by atoms with Crippen LogP contribution < -0.4 is 5.32 Å². The zero-order chi connectivity index (χ0) is 15.3. The van der Waals surface area contributed by atoms with Gasteiger partial charge in [-0.05, 0) is 29.9 Å². The van der Waals surface area contributed by atoms with E-state index in [1.165, 1.54) is 24.3 Å². The molecule has 4 heteroatoms. The van der Waals surface area contributed by atoms with E-state index in [0.717, 1.165) is 38.8 Å². The number of rotatable bonds is 6. The molecule has 0 aliphatic carbocycles.